The number of halogens is 1. The lowest BCUT2D eigenvalue weighted by atomic mass is 10.1. The maximum absolute atomic E-state index is 5.92. The third-order valence-electron chi connectivity index (χ3n) is 3.29. The smallest absolute Gasteiger partial charge is 0.187 e. The van der Waals surface area contributed by atoms with Gasteiger partial charge in [-0.2, -0.15) is 4.68 Å². The van der Waals surface area contributed by atoms with E-state index >= 15 is 0 Å². The highest BCUT2D eigenvalue weighted by Gasteiger charge is 2.14. The monoisotopic (exact) mass is 343 g/mol. The van der Waals surface area contributed by atoms with Gasteiger partial charge in [0.05, 0.1) is 5.69 Å². The normalized spacial score (nSPS) is 10.8. The SMILES string of the molecule is Cc1cc(N)cc(-c2nnnn2-c2cccc(Br)c2C)c1. The topological polar surface area (TPSA) is 69.6 Å². The van der Waals surface area contributed by atoms with Crippen LogP contribution >= 0.6 is 15.9 Å². The number of aryl methyl sites for hydroxylation is 1. The number of aromatic nitrogens is 4. The Morgan fingerprint density at radius 3 is 2.71 bits per heavy atom. The second-order valence-corrected chi connectivity index (χ2v) is 5.78. The van der Waals surface area contributed by atoms with Crippen LogP contribution in [0.1, 0.15) is 11.1 Å². The standard InChI is InChI=1S/C15H14BrN5/c1-9-6-11(8-12(17)7-9)15-18-19-20-21(15)14-5-3-4-13(16)10(14)2/h3-8H,17H2,1-2H3. The number of nitrogens with two attached hydrogens (primary N) is 1. The van der Waals surface area contributed by atoms with E-state index in [4.69, 9.17) is 5.73 Å². The van der Waals surface area contributed by atoms with Crippen molar-refractivity contribution in [3.8, 4) is 17.1 Å². The maximum atomic E-state index is 5.92. The summed E-state index contributed by atoms with van der Waals surface area (Å²) in [5.74, 6) is 0.673. The lowest BCUT2D eigenvalue weighted by Crippen LogP contribution is -2.03. The first-order valence-electron chi connectivity index (χ1n) is 6.47. The van der Waals surface area contributed by atoms with Gasteiger partial charge in [-0.25, -0.2) is 0 Å². The number of hydrogen-bond donors (Lipinski definition) is 1. The van der Waals surface area contributed by atoms with E-state index < -0.39 is 0 Å². The molecule has 0 amide bonds. The van der Waals surface area contributed by atoms with Gasteiger partial charge < -0.3 is 5.73 Å². The largest absolute Gasteiger partial charge is 0.399 e. The molecule has 0 fully saturated rings. The lowest BCUT2D eigenvalue weighted by Gasteiger charge is -2.10. The second-order valence-electron chi connectivity index (χ2n) is 4.93. The highest BCUT2D eigenvalue weighted by atomic mass is 79.9. The van der Waals surface area contributed by atoms with E-state index in [1.807, 2.05) is 50.2 Å². The fourth-order valence-electron chi connectivity index (χ4n) is 2.30. The van der Waals surface area contributed by atoms with Gasteiger partial charge in [0.25, 0.3) is 0 Å². The minimum atomic E-state index is 0.673. The summed E-state index contributed by atoms with van der Waals surface area (Å²) in [6.07, 6.45) is 0. The number of rotatable bonds is 2. The lowest BCUT2D eigenvalue weighted by molar-refractivity contribution is 0.787. The van der Waals surface area contributed by atoms with Crippen LogP contribution < -0.4 is 5.73 Å². The summed E-state index contributed by atoms with van der Waals surface area (Å²) in [4.78, 5) is 0. The number of tetrazole rings is 1. The van der Waals surface area contributed by atoms with E-state index in [1.165, 1.54) is 0 Å². The summed E-state index contributed by atoms with van der Waals surface area (Å²) in [5.41, 5.74) is 10.6. The molecule has 3 aromatic rings. The molecule has 0 bridgehead atoms. The Bertz CT molecular complexity index is 789. The molecule has 1 aromatic heterocycles. The quantitative estimate of drug-likeness (QED) is 0.725. The first-order chi connectivity index (χ1) is 10.1. The van der Waals surface area contributed by atoms with Crippen LogP contribution in [0, 0.1) is 13.8 Å². The van der Waals surface area contributed by atoms with Crippen LogP contribution in [0.5, 0.6) is 0 Å². The van der Waals surface area contributed by atoms with Crippen LogP contribution in [0.15, 0.2) is 40.9 Å². The zero-order valence-electron chi connectivity index (χ0n) is 11.7. The molecule has 6 heteroatoms. The summed E-state index contributed by atoms with van der Waals surface area (Å²) in [6, 6.07) is 11.8. The number of nitrogen functional groups attached to an aromatic ring is 1. The third kappa shape index (κ3) is 2.54. The molecule has 0 atom stereocenters. The molecule has 0 aliphatic rings. The van der Waals surface area contributed by atoms with Crippen LogP contribution in [0.2, 0.25) is 0 Å². The number of hydrogen-bond acceptors (Lipinski definition) is 4. The van der Waals surface area contributed by atoms with E-state index in [-0.39, 0.29) is 0 Å². The van der Waals surface area contributed by atoms with Gasteiger partial charge in [0, 0.05) is 15.7 Å². The number of anilines is 1. The molecule has 0 unspecified atom stereocenters. The van der Waals surface area contributed by atoms with Crippen LogP contribution in [0.3, 0.4) is 0 Å². The highest BCUT2D eigenvalue weighted by Crippen LogP contribution is 2.27. The minimum Gasteiger partial charge on any atom is -0.399 e. The molecule has 1 heterocycles. The van der Waals surface area contributed by atoms with Crippen LogP contribution in [0.4, 0.5) is 5.69 Å². The molecule has 0 aliphatic carbocycles. The molecule has 0 saturated heterocycles. The Morgan fingerprint density at radius 2 is 1.95 bits per heavy atom. The van der Waals surface area contributed by atoms with Crippen molar-refractivity contribution in [2.24, 2.45) is 0 Å². The zero-order valence-corrected chi connectivity index (χ0v) is 13.3. The number of nitrogens with zero attached hydrogens (tertiary/aromatic N) is 4. The van der Waals surface area contributed by atoms with Gasteiger partial charge in [0.2, 0.25) is 0 Å². The molecule has 0 spiro atoms. The summed E-state index contributed by atoms with van der Waals surface area (Å²) in [7, 11) is 0. The van der Waals surface area contributed by atoms with Crippen LogP contribution in [0.25, 0.3) is 17.1 Å². The first kappa shape index (κ1) is 13.8. The van der Waals surface area contributed by atoms with Gasteiger partial charge in [0.1, 0.15) is 0 Å². The Balaban J connectivity index is 2.19. The van der Waals surface area contributed by atoms with Crippen molar-refractivity contribution in [2.75, 3.05) is 5.73 Å². The average Bonchev–Trinajstić information content (AvgIpc) is 2.90. The van der Waals surface area contributed by atoms with E-state index in [2.05, 4.69) is 31.5 Å². The molecule has 106 valence electrons. The minimum absolute atomic E-state index is 0.673. The summed E-state index contributed by atoms with van der Waals surface area (Å²) >= 11 is 3.53. The molecule has 0 radical (unpaired) electrons. The zero-order chi connectivity index (χ0) is 15.0. The fourth-order valence-corrected chi connectivity index (χ4v) is 2.65. The van der Waals surface area contributed by atoms with Crippen LogP contribution in [-0.2, 0) is 0 Å². The maximum Gasteiger partial charge on any atom is 0.187 e. The summed E-state index contributed by atoms with van der Waals surface area (Å²) in [5, 5.41) is 12.1. The number of benzene rings is 2. The third-order valence-corrected chi connectivity index (χ3v) is 4.15. The highest BCUT2D eigenvalue weighted by molar-refractivity contribution is 9.10. The van der Waals surface area contributed by atoms with Gasteiger partial charge in [-0.15, -0.1) is 5.10 Å². The second kappa shape index (κ2) is 5.29. The molecule has 0 aliphatic heterocycles. The molecular weight excluding hydrogens is 330 g/mol. The Morgan fingerprint density at radius 1 is 1.14 bits per heavy atom. The van der Waals surface area contributed by atoms with Crippen molar-refractivity contribution >= 4 is 21.6 Å². The molecule has 5 nitrogen and oxygen atoms in total. The molecule has 0 saturated carbocycles. The van der Waals surface area contributed by atoms with E-state index in [0.29, 0.717) is 11.5 Å². The predicted molar refractivity (Wildman–Crippen MR) is 86.2 cm³/mol. The van der Waals surface area contributed by atoms with E-state index in [9.17, 15) is 0 Å². The van der Waals surface area contributed by atoms with Crippen molar-refractivity contribution in [2.45, 2.75) is 13.8 Å². The van der Waals surface area contributed by atoms with Crippen molar-refractivity contribution in [3.05, 3.63) is 52.0 Å². The molecule has 2 aromatic carbocycles. The first-order valence-corrected chi connectivity index (χ1v) is 7.27. The summed E-state index contributed by atoms with van der Waals surface area (Å²) in [6.45, 7) is 4.02. The Kier molecular flexibility index (Phi) is 3.47. The Hall–Kier alpha value is -2.21. The van der Waals surface area contributed by atoms with Gasteiger partial charge >= 0.3 is 0 Å². The predicted octanol–water partition coefficient (Wildman–Crippen LogP) is 3.29. The van der Waals surface area contributed by atoms with Gasteiger partial charge in [-0.3, -0.25) is 0 Å². The van der Waals surface area contributed by atoms with Crippen molar-refractivity contribution in [3.63, 3.8) is 0 Å². The summed E-state index contributed by atoms with van der Waals surface area (Å²) < 4.78 is 2.75. The molecule has 3 rings (SSSR count). The fraction of sp³-hybridized carbons (Fsp3) is 0.133. The van der Waals surface area contributed by atoms with Gasteiger partial charge in [0.15, 0.2) is 5.82 Å². The van der Waals surface area contributed by atoms with Crippen molar-refractivity contribution in [1.82, 2.24) is 20.2 Å². The molecular formula is C15H14BrN5. The van der Waals surface area contributed by atoms with Gasteiger partial charge in [-0.05, 0) is 65.7 Å². The molecule has 2 N–H and O–H groups in total. The molecule has 21 heavy (non-hydrogen) atoms. The van der Waals surface area contributed by atoms with E-state index in [1.54, 1.807) is 4.68 Å². The van der Waals surface area contributed by atoms with E-state index in [0.717, 1.165) is 26.9 Å². The Labute approximate surface area is 130 Å². The van der Waals surface area contributed by atoms with Gasteiger partial charge in [-0.1, -0.05) is 22.0 Å². The van der Waals surface area contributed by atoms with Crippen molar-refractivity contribution < 1.29 is 0 Å². The van der Waals surface area contributed by atoms with Crippen LogP contribution in [-0.4, -0.2) is 20.2 Å². The average molecular weight is 344 g/mol. The van der Waals surface area contributed by atoms with Crippen molar-refractivity contribution in [1.29, 1.82) is 0 Å².